The van der Waals surface area contributed by atoms with E-state index in [2.05, 4.69) is 27.8 Å². The van der Waals surface area contributed by atoms with Crippen LogP contribution in [0.3, 0.4) is 0 Å². The topological polar surface area (TPSA) is 55.1 Å². The molecule has 0 aliphatic heterocycles. The third kappa shape index (κ3) is 3.29. The van der Waals surface area contributed by atoms with Crippen LogP contribution in [0.1, 0.15) is 6.92 Å². The lowest BCUT2D eigenvalue weighted by Crippen LogP contribution is -2.23. The maximum absolute atomic E-state index is 10.4. The maximum Gasteiger partial charge on any atom is 0.264 e. The van der Waals surface area contributed by atoms with Crippen LogP contribution in [0.2, 0.25) is 0 Å². The highest BCUT2D eigenvalue weighted by molar-refractivity contribution is 9.11. The fourth-order valence-electron chi connectivity index (χ4n) is 0.278. The molecule has 0 aromatic rings. The van der Waals surface area contributed by atoms with Gasteiger partial charge in [0.2, 0.25) is 0 Å². The van der Waals surface area contributed by atoms with Gasteiger partial charge in [-0.1, -0.05) is 12.7 Å². The Bertz CT molecular complexity index is 186. The molecule has 0 saturated carbocycles. The van der Waals surface area contributed by atoms with Gasteiger partial charge in [-0.25, -0.2) is 0 Å². The van der Waals surface area contributed by atoms with Gasteiger partial charge in [0.15, 0.2) is 0 Å². The normalized spacial score (nSPS) is 10.8. The van der Waals surface area contributed by atoms with E-state index in [0.717, 1.165) is 0 Å². The van der Waals surface area contributed by atoms with Gasteiger partial charge in [-0.3, -0.25) is 4.79 Å². The fourth-order valence-corrected chi connectivity index (χ4v) is 0.517. The van der Waals surface area contributed by atoms with Crippen LogP contribution in [-0.4, -0.2) is 5.91 Å². The Morgan fingerprint density at radius 1 is 1.80 bits per heavy atom. The predicted molar refractivity (Wildman–Crippen MR) is 44.2 cm³/mol. The van der Waals surface area contributed by atoms with E-state index in [0.29, 0.717) is 4.61 Å². The number of hydrogen-bond donors (Lipinski definition) is 2. The third-order valence-electron chi connectivity index (χ3n) is 0.821. The summed E-state index contributed by atoms with van der Waals surface area (Å²) in [6.07, 6.45) is 1.74. The van der Waals surface area contributed by atoms with Gasteiger partial charge in [-0.05, 0) is 22.9 Å². The predicted octanol–water partition coefficient (Wildman–Crippen LogP) is 0.831. The lowest BCUT2D eigenvalue weighted by atomic mass is 10.5. The van der Waals surface area contributed by atoms with Gasteiger partial charge >= 0.3 is 0 Å². The lowest BCUT2D eigenvalue weighted by Gasteiger charge is -2.02. The number of primary amides is 1. The molecule has 3 N–H and O–H groups in total. The molecule has 4 heteroatoms. The molecule has 3 nitrogen and oxygen atoms in total. The van der Waals surface area contributed by atoms with Crippen LogP contribution in [0.4, 0.5) is 0 Å². The van der Waals surface area contributed by atoms with Crippen LogP contribution < -0.4 is 11.1 Å². The van der Waals surface area contributed by atoms with Gasteiger partial charge in [-0.15, -0.1) is 0 Å². The van der Waals surface area contributed by atoms with E-state index in [4.69, 9.17) is 5.73 Å². The van der Waals surface area contributed by atoms with Gasteiger partial charge in [0.1, 0.15) is 0 Å². The first-order chi connectivity index (χ1) is 4.57. The molecule has 56 valence electrons. The first-order valence-electron chi connectivity index (χ1n) is 2.65. The minimum atomic E-state index is -0.557. The van der Waals surface area contributed by atoms with Crippen molar-refractivity contribution >= 4 is 21.8 Å². The van der Waals surface area contributed by atoms with Crippen LogP contribution in [-0.2, 0) is 4.79 Å². The van der Waals surface area contributed by atoms with E-state index >= 15 is 0 Å². The molecule has 0 heterocycles. The van der Waals surface area contributed by atoms with Gasteiger partial charge in [0.25, 0.3) is 5.91 Å². The molecule has 0 bridgehead atoms. The Balaban J connectivity index is 3.93. The fraction of sp³-hybridized carbons (Fsp3) is 0.167. The van der Waals surface area contributed by atoms with Gasteiger partial charge in [0, 0.05) is 0 Å². The van der Waals surface area contributed by atoms with Crippen molar-refractivity contribution in [1.29, 1.82) is 0 Å². The van der Waals surface area contributed by atoms with E-state index < -0.39 is 5.91 Å². The molecular weight excluding hydrogens is 196 g/mol. The molecule has 0 aliphatic carbocycles. The highest BCUT2D eigenvalue weighted by Gasteiger charge is 1.99. The molecule has 0 saturated heterocycles. The molecule has 0 spiro atoms. The van der Waals surface area contributed by atoms with E-state index in [-0.39, 0.29) is 5.70 Å². The van der Waals surface area contributed by atoms with Crippen LogP contribution in [0.5, 0.6) is 0 Å². The Hall–Kier alpha value is -0.770. The second kappa shape index (κ2) is 4.11. The number of rotatable bonds is 3. The first-order valence-corrected chi connectivity index (χ1v) is 3.44. The minimum Gasteiger partial charge on any atom is -0.364 e. The second-order valence-corrected chi connectivity index (χ2v) is 2.46. The average Bonchev–Trinajstić information content (AvgIpc) is 1.87. The summed E-state index contributed by atoms with van der Waals surface area (Å²) in [5.74, 6) is -0.557. The van der Waals surface area contributed by atoms with Gasteiger partial charge < -0.3 is 11.1 Å². The van der Waals surface area contributed by atoms with E-state index in [1.807, 2.05) is 6.92 Å². The van der Waals surface area contributed by atoms with Crippen molar-refractivity contribution in [2.45, 2.75) is 6.92 Å². The van der Waals surface area contributed by atoms with Crippen molar-refractivity contribution in [3.63, 3.8) is 0 Å². The maximum atomic E-state index is 10.4. The number of allylic oxidation sites excluding steroid dienone is 1. The lowest BCUT2D eigenvalue weighted by molar-refractivity contribution is -0.114. The second-order valence-electron chi connectivity index (χ2n) is 1.60. The van der Waals surface area contributed by atoms with Crippen LogP contribution in [0.15, 0.2) is 23.0 Å². The van der Waals surface area contributed by atoms with E-state index in [1.165, 1.54) is 0 Å². The smallest absolute Gasteiger partial charge is 0.264 e. The first kappa shape index (κ1) is 9.23. The average molecular weight is 205 g/mol. The van der Waals surface area contributed by atoms with Gasteiger partial charge in [-0.2, -0.15) is 0 Å². The zero-order valence-electron chi connectivity index (χ0n) is 5.65. The summed E-state index contributed by atoms with van der Waals surface area (Å²) in [5.41, 5.74) is 5.06. The van der Waals surface area contributed by atoms with Crippen molar-refractivity contribution in [2.24, 2.45) is 5.73 Å². The van der Waals surface area contributed by atoms with Crippen molar-refractivity contribution in [1.82, 2.24) is 5.32 Å². The van der Waals surface area contributed by atoms with E-state index in [1.54, 1.807) is 6.08 Å². The zero-order chi connectivity index (χ0) is 8.15. The Labute approximate surface area is 68.1 Å². The highest BCUT2D eigenvalue weighted by atomic mass is 79.9. The van der Waals surface area contributed by atoms with Crippen molar-refractivity contribution in [2.75, 3.05) is 0 Å². The molecule has 0 rings (SSSR count). The number of carbonyl (C=O) groups excluding carboxylic acids is 1. The van der Waals surface area contributed by atoms with Crippen molar-refractivity contribution in [3.8, 4) is 0 Å². The Morgan fingerprint density at radius 3 is 2.60 bits per heavy atom. The van der Waals surface area contributed by atoms with Crippen LogP contribution in [0, 0.1) is 0 Å². The number of nitrogens with one attached hydrogen (secondary N) is 1. The summed E-state index contributed by atoms with van der Waals surface area (Å²) in [7, 11) is 0. The van der Waals surface area contributed by atoms with E-state index in [9.17, 15) is 4.79 Å². The van der Waals surface area contributed by atoms with Crippen molar-refractivity contribution in [3.05, 3.63) is 23.0 Å². The molecule has 0 radical (unpaired) electrons. The Morgan fingerprint density at radius 2 is 2.30 bits per heavy atom. The summed E-state index contributed by atoms with van der Waals surface area (Å²) < 4.78 is 0.677. The number of halogens is 1. The summed E-state index contributed by atoms with van der Waals surface area (Å²) in [6, 6.07) is 0. The molecule has 0 fully saturated rings. The molecular formula is C6H9BrN2O. The summed E-state index contributed by atoms with van der Waals surface area (Å²) in [5, 5.41) is 2.64. The minimum absolute atomic E-state index is 0.171. The quantitative estimate of drug-likeness (QED) is 0.529. The zero-order valence-corrected chi connectivity index (χ0v) is 7.23. The SMILES string of the molecule is C=C(N/C(Br)=C\C)C(N)=O. The van der Waals surface area contributed by atoms with Crippen LogP contribution in [0.25, 0.3) is 0 Å². The molecule has 0 atom stereocenters. The number of amides is 1. The third-order valence-corrected chi connectivity index (χ3v) is 1.48. The van der Waals surface area contributed by atoms with Gasteiger partial charge in [0.05, 0.1) is 10.3 Å². The highest BCUT2D eigenvalue weighted by Crippen LogP contribution is 2.00. The molecule has 0 unspecified atom stereocenters. The summed E-state index contributed by atoms with van der Waals surface area (Å²) in [6.45, 7) is 5.20. The number of nitrogens with two attached hydrogens (primary N) is 1. The molecule has 0 aliphatic rings. The number of carbonyl (C=O) groups is 1. The van der Waals surface area contributed by atoms with Crippen LogP contribution >= 0.6 is 15.9 Å². The standard InChI is InChI=1S/C6H9BrN2O/c1-3-5(7)9-4(2)6(8)10/h3,9H,2H2,1H3,(H2,8,10)/b5-3-. The number of hydrogen-bond acceptors (Lipinski definition) is 2. The summed E-state index contributed by atoms with van der Waals surface area (Å²) in [4.78, 5) is 10.4. The largest absolute Gasteiger partial charge is 0.364 e. The molecule has 0 aromatic heterocycles. The molecule has 10 heavy (non-hydrogen) atoms. The van der Waals surface area contributed by atoms with Crippen molar-refractivity contribution < 1.29 is 4.79 Å². The Kier molecular flexibility index (Phi) is 3.79. The molecule has 0 aromatic carbocycles. The molecule has 1 amide bonds. The summed E-state index contributed by atoms with van der Waals surface area (Å²) >= 11 is 3.13. The monoisotopic (exact) mass is 204 g/mol.